The molecular formula is C25H28O5S2. The summed E-state index contributed by atoms with van der Waals surface area (Å²) in [6.45, 7) is 1.61. The van der Waals surface area contributed by atoms with Gasteiger partial charge < -0.3 is 5.11 Å². The molecule has 0 aliphatic rings. The highest BCUT2D eigenvalue weighted by atomic mass is 32.3. The molecule has 32 heavy (non-hydrogen) atoms. The van der Waals surface area contributed by atoms with E-state index in [2.05, 4.69) is 0 Å². The van der Waals surface area contributed by atoms with Gasteiger partial charge in [-0.25, -0.2) is 16.8 Å². The monoisotopic (exact) mass is 472 g/mol. The Hall–Kier alpha value is -2.48. The fraction of sp³-hybridized carbons (Fsp3) is 0.280. The van der Waals surface area contributed by atoms with E-state index in [0.29, 0.717) is 18.4 Å². The third-order valence-electron chi connectivity index (χ3n) is 5.63. The third kappa shape index (κ3) is 4.95. The predicted molar refractivity (Wildman–Crippen MR) is 126 cm³/mol. The van der Waals surface area contributed by atoms with Gasteiger partial charge in [-0.05, 0) is 42.2 Å². The number of hydrogen-bond acceptors (Lipinski definition) is 5. The fourth-order valence-corrected chi connectivity index (χ4v) is 9.26. The zero-order valence-electron chi connectivity index (χ0n) is 17.9. The van der Waals surface area contributed by atoms with Crippen LogP contribution >= 0.6 is 0 Å². The summed E-state index contributed by atoms with van der Waals surface area (Å²) in [5.74, 6) is -1.50. The maximum absolute atomic E-state index is 13.9. The number of rotatable bonds is 10. The minimum Gasteiger partial charge on any atom is -0.396 e. The Morgan fingerprint density at radius 1 is 0.688 bits per heavy atom. The first-order valence-corrected chi connectivity index (χ1v) is 13.7. The van der Waals surface area contributed by atoms with Crippen LogP contribution in [0.3, 0.4) is 0 Å². The lowest BCUT2D eigenvalue weighted by Crippen LogP contribution is -2.40. The van der Waals surface area contributed by atoms with Crippen LogP contribution in [0.2, 0.25) is 0 Å². The van der Waals surface area contributed by atoms with Gasteiger partial charge in [0.1, 0.15) is 0 Å². The maximum atomic E-state index is 13.9. The van der Waals surface area contributed by atoms with Crippen molar-refractivity contribution >= 4 is 19.7 Å². The van der Waals surface area contributed by atoms with E-state index in [4.69, 9.17) is 0 Å². The molecule has 7 heteroatoms. The van der Waals surface area contributed by atoms with Gasteiger partial charge in [-0.1, -0.05) is 80.1 Å². The van der Waals surface area contributed by atoms with Gasteiger partial charge in [0, 0.05) is 12.5 Å². The smallest absolute Gasteiger partial charge is 0.196 e. The number of aliphatic hydroxyl groups is 1. The van der Waals surface area contributed by atoms with Crippen LogP contribution in [-0.2, 0) is 19.7 Å². The molecule has 0 saturated carbocycles. The molecule has 3 rings (SSSR count). The highest BCUT2D eigenvalue weighted by Crippen LogP contribution is 2.41. The van der Waals surface area contributed by atoms with Crippen LogP contribution in [-0.4, -0.2) is 33.1 Å². The standard InChI is InChI=1S/C25H28O5S2/c1-2-12-21(19-26)24(20-13-6-3-7-14-20)25(31(27,28)22-15-8-4-9-16-22)32(29,30)23-17-10-5-11-18-23/h3-11,13-18,21,24-26H,2,12,19H2,1H3/t21-,24+/m1/s1. The number of sulfone groups is 2. The Labute approximate surface area is 190 Å². The van der Waals surface area contributed by atoms with Crippen LogP contribution in [0.15, 0.2) is 101 Å². The first-order chi connectivity index (χ1) is 15.3. The van der Waals surface area contributed by atoms with Gasteiger partial charge in [-0.3, -0.25) is 0 Å². The average molecular weight is 473 g/mol. The minimum atomic E-state index is -4.33. The minimum absolute atomic E-state index is 0.0568. The Morgan fingerprint density at radius 3 is 1.47 bits per heavy atom. The van der Waals surface area contributed by atoms with Crippen LogP contribution < -0.4 is 0 Å². The molecule has 0 radical (unpaired) electrons. The van der Waals surface area contributed by atoms with Gasteiger partial charge in [-0.15, -0.1) is 0 Å². The van der Waals surface area contributed by atoms with Crippen molar-refractivity contribution in [2.24, 2.45) is 5.92 Å². The summed E-state index contributed by atoms with van der Waals surface area (Å²) in [7, 11) is -8.65. The molecular weight excluding hydrogens is 444 g/mol. The van der Waals surface area contributed by atoms with Crippen molar-refractivity contribution in [2.45, 2.75) is 40.1 Å². The Balaban J connectivity index is 2.33. The number of hydrogen-bond donors (Lipinski definition) is 1. The number of aliphatic hydroxyl groups excluding tert-OH is 1. The van der Waals surface area contributed by atoms with Crippen LogP contribution in [0.5, 0.6) is 0 Å². The van der Waals surface area contributed by atoms with E-state index in [1.165, 1.54) is 24.3 Å². The van der Waals surface area contributed by atoms with E-state index in [0.717, 1.165) is 0 Å². The molecule has 0 unspecified atom stereocenters. The highest BCUT2D eigenvalue weighted by Gasteiger charge is 2.48. The number of benzene rings is 3. The van der Waals surface area contributed by atoms with Crippen LogP contribution in [0.1, 0.15) is 31.2 Å². The molecule has 5 nitrogen and oxygen atoms in total. The van der Waals surface area contributed by atoms with Crippen molar-refractivity contribution in [3.63, 3.8) is 0 Å². The highest BCUT2D eigenvalue weighted by molar-refractivity contribution is 8.09. The third-order valence-corrected chi connectivity index (χ3v) is 10.8. The molecule has 0 aliphatic heterocycles. The van der Waals surface area contributed by atoms with E-state index >= 15 is 0 Å². The van der Waals surface area contributed by atoms with Gasteiger partial charge in [0.15, 0.2) is 24.3 Å². The zero-order chi connectivity index (χ0) is 23.2. The van der Waals surface area contributed by atoms with E-state index in [-0.39, 0.29) is 16.4 Å². The summed E-state index contributed by atoms with van der Waals surface area (Å²) in [6, 6.07) is 24.1. The molecule has 0 bridgehead atoms. The largest absolute Gasteiger partial charge is 0.396 e. The quantitative estimate of drug-likeness (QED) is 0.471. The molecule has 3 aromatic rings. The normalized spacial score (nSPS) is 14.2. The second kappa shape index (κ2) is 10.4. The molecule has 0 heterocycles. The van der Waals surface area contributed by atoms with E-state index < -0.39 is 36.1 Å². The molecule has 0 aromatic heterocycles. The Bertz CT molecular complexity index is 1120. The first-order valence-electron chi connectivity index (χ1n) is 10.6. The van der Waals surface area contributed by atoms with Crippen LogP contribution in [0, 0.1) is 5.92 Å². The summed E-state index contributed by atoms with van der Waals surface area (Å²) >= 11 is 0. The van der Waals surface area contributed by atoms with Crippen molar-refractivity contribution in [1.82, 2.24) is 0 Å². The van der Waals surface area contributed by atoms with E-state index in [1.54, 1.807) is 66.7 Å². The Morgan fingerprint density at radius 2 is 1.09 bits per heavy atom. The van der Waals surface area contributed by atoms with Crippen molar-refractivity contribution < 1.29 is 21.9 Å². The molecule has 0 amide bonds. The van der Waals surface area contributed by atoms with Gasteiger partial charge in [0.2, 0.25) is 0 Å². The first kappa shape index (κ1) is 24.2. The van der Waals surface area contributed by atoms with Crippen LogP contribution in [0.25, 0.3) is 0 Å². The lowest BCUT2D eigenvalue weighted by molar-refractivity contribution is 0.196. The predicted octanol–water partition coefficient (Wildman–Crippen LogP) is 4.45. The van der Waals surface area contributed by atoms with Crippen LogP contribution in [0.4, 0.5) is 0 Å². The Kier molecular flexibility index (Phi) is 7.87. The molecule has 2 atom stereocenters. The van der Waals surface area contributed by atoms with Gasteiger partial charge in [0.05, 0.1) is 9.79 Å². The second-order valence-electron chi connectivity index (χ2n) is 7.75. The molecule has 3 aromatic carbocycles. The SMILES string of the molecule is CCC[C@H](CO)[C@H](c1ccccc1)C(S(=O)(=O)c1ccccc1)S(=O)(=O)c1ccccc1. The molecule has 0 aliphatic carbocycles. The summed E-state index contributed by atoms with van der Waals surface area (Å²) in [5, 5.41) is 10.2. The van der Waals surface area contributed by atoms with Crippen molar-refractivity contribution in [2.75, 3.05) is 6.61 Å². The topological polar surface area (TPSA) is 88.5 Å². The van der Waals surface area contributed by atoms with Crippen molar-refractivity contribution in [3.8, 4) is 0 Å². The average Bonchev–Trinajstić information content (AvgIpc) is 2.82. The van der Waals surface area contributed by atoms with Gasteiger partial charge in [-0.2, -0.15) is 0 Å². The molecule has 1 N–H and O–H groups in total. The summed E-state index contributed by atoms with van der Waals surface area (Å²) in [6.07, 6.45) is 1.17. The summed E-state index contributed by atoms with van der Waals surface area (Å²) in [4.78, 5) is -0.114. The van der Waals surface area contributed by atoms with E-state index in [1.807, 2.05) is 6.92 Å². The van der Waals surface area contributed by atoms with E-state index in [9.17, 15) is 21.9 Å². The molecule has 0 fully saturated rings. The second-order valence-corrected chi connectivity index (χ2v) is 12.2. The van der Waals surface area contributed by atoms with Crippen molar-refractivity contribution in [1.29, 1.82) is 0 Å². The van der Waals surface area contributed by atoms with Crippen molar-refractivity contribution in [3.05, 3.63) is 96.6 Å². The summed E-state index contributed by atoms with van der Waals surface area (Å²) in [5.41, 5.74) is 0.573. The van der Waals surface area contributed by atoms with Gasteiger partial charge in [0.25, 0.3) is 0 Å². The van der Waals surface area contributed by atoms with Gasteiger partial charge >= 0.3 is 0 Å². The lowest BCUT2D eigenvalue weighted by atomic mass is 9.85. The maximum Gasteiger partial charge on any atom is 0.196 e. The lowest BCUT2D eigenvalue weighted by Gasteiger charge is -2.33. The molecule has 0 saturated heterocycles. The molecule has 0 spiro atoms. The fourth-order valence-electron chi connectivity index (χ4n) is 4.12. The summed E-state index contributed by atoms with van der Waals surface area (Å²) < 4.78 is 53.9. The molecule has 170 valence electrons. The zero-order valence-corrected chi connectivity index (χ0v) is 19.5.